The molecule has 1 nitrogen and oxygen atoms in total. The highest BCUT2D eigenvalue weighted by Gasteiger charge is 2.35. The first-order valence-corrected chi connectivity index (χ1v) is 6.66. The van der Waals surface area contributed by atoms with Crippen molar-refractivity contribution in [3.8, 4) is 0 Å². The number of hydrogen-bond acceptors (Lipinski definition) is 1. The van der Waals surface area contributed by atoms with E-state index in [0.29, 0.717) is 5.41 Å². The number of hydrogen-bond donors (Lipinski definition) is 1. The summed E-state index contributed by atoms with van der Waals surface area (Å²) in [5.74, 6) is 1.73. The molecular formula is C14H28O. The number of rotatable bonds is 4. The SMILES string of the molecule is CCC(O)CCC1(C)CCC(C)CC1C. The molecule has 4 unspecified atom stereocenters. The fourth-order valence-electron chi connectivity index (χ4n) is 2.90. The summed E-state index contributed by atoms with van der Waals surface area (Å²) in [6.07, 6.45) is 7.13. The number of aliphatic hydroxyl groups is 1. The molecule has 0 bridgehead atoms. The lowest BCUT2D eigenvalue weighted by Crippen LogP contribution is -2.32. The van der Waals surface area contributed by atoms with Crippen molar-refractivity contribution in [3.63, 3.8) is 0 Å². The Labute approximate surface area is 95.3 Å². The molecule has 15 heavy (non-hydrogen) atoms. The Morgan fingerprint density at radius 3 is 2.60 bits per heavy atom. The van der Waals surface area contributed by atoms with Gasteiger partial charge in [0.15, 0.2) is 0 Å². The third-order valence-electron chi connectivity index (χ3n) is 4.67. The smallest absolute Gasteiger partial charge is 0.0537 e. The second-order valence-corrected chi connectivity index (χ2v) is 6.04. The maximum absolute atomic E-state index is 9.64. The lowest BCUT2D eigenvalue weighted by molar-refractivity contribution is 0.0621. The van der Waals surface area contributed by atoms with Crippen LogP contribution in [0.25, 0.3) is 0 Å². The van der Waals surface area contributed by atoms with Gasteiger partial charge in [-0.2, -0.15) is 0 Å². The van der Waals surface area contributed by atoms with Gasteiger partial charge in [-0.3, -0.25) is 0 Å². The minimum Gasteiger partial charge on any atom is -0.393 e. The van der Waals surface area contributed by atoms with Gasteiger partial charge in [0.05, 0.1) is 6.10 Å². The van der Waals surface area contributed by atoms with E-state index >= 15 is 0 Å². The summed E-state index contributed by atoms with van der Waals surface area (Å²) in [6, 6.07) is 0. The summed E-state index contributed by atoms with van der Waals surface area (Å²) >= 11 is 0. The van der Waals surface area contributed by atoms with Crippen LogP contribution in [0.2, 0.25) is 0 Å². The van der Waals surface area contributed by atoms with E-state index in [0.717, 1.165) is 24.7 Å². The Morgan fingerprint density at radius 2 is 2.07 bits per heavy atom. The van der Waals surface area contributed by atoms with Gasteiger partial charge in [0.1, 0.15) is 0 Å². The standard InChI is InChI=1S/C14H28O/c1-5-13(15)7-9-14(4)8-6-11(2)10-12(14)3/h11-13,15H,5-10H2,1-4H3. The predicted molar refractivity (Wildman–Crippen MR) is 65.8 cm³/mol. The maximum atomic E-state index is 9.64. The molecule has 1 rings (SSSR count). The fourth-order valence-corrected chi connectivity index (χ4v) is 2.90. The molecule has 0 aromatic heterocycles. The van der Waals surface area contributed by atoms with Crippen LogP contribution < -0.4 is 0 Å². The molecule has 1 fully saturated rings. The molecule has 0 aliphatic heterocycles. The van der Waals surface area contributed by atoms with Gasteiger partial charge in [-0.05, 0) is 49.4 Å². The minimum absolute atomic E-state index is 0.0756. The van der Waals surface area contributed by atoms with Crippen LogP contribution in [0, 0.1) is 17.3 Å². The zero-order valence-electron chi connectivity index (χ0n) is 10.9. The van der Waals surface area contributed by atoms with Crippen LogP contribution in [0.3, 0.4) is 0 Å². The Hall–Kier alpha value is -0.0400. The van der Waals surface area contributed by atoms with E-state index < -0.39 is 0 Å². The summed E-state index contributed by atoms with van der Waals surface area (Å²) in [5, 5.41) is 9.64. The summed E-state index contributed by atoms with van der Waals surface area (Å²) in [6.45, 7) is 9.26. The number of aliphatic hydroxyl groups excluding tert-OH is 1. The van der Waals surface area contributed by atoms with Crippen molar-refractivity contribution >= 4 is 0 Å². The van der Waals surface area contributed by atoms with Gasteiger partial charge in [-0.1, -0.05) is 34.1 Å². The van der Waals surface area contributed by atoms with Gasteiger partial charge >= 0.3 is 0 Å². The molecule has 0 aromatic carbocycles. The lowest BCUT2D eigenvalue weighted by Gasteiger charge is -2.42. The van der Waals surface area contributed by atoms with Crippen molar-refractivity contribution in [2.75, 3.05) is 0 Å². The molecule has 0 radical (unpaired) electrons. The summed E-state index contributed by atoms with van der Waals surface area (Å²) in [7, 11) is 0. The van der Waals surface area contributed by atoms with Crippen LogP contribution in [0.15, 0.2) is 0 Å². The lowest BCUT2D eigenvalue weighted by atomic mass is 9.63. The second kappa shape index (κ2) is 5.34. The van der Waals surface area contributed by atoms with E-state index in [1.54, 1.807) is 0 Å². The first-order valence-electron chi connectivity index (χ1n) is 6.66. The average molecular weight is 212 g/mol. The monoisotopic (exact) mass is 212 g/mol. The van der Waals surface area contributed by atoms with Gasteiger partial charge < -0.3 is 5.11 Å². The Balaban J connectivity index is 2.43. The third-order valence-corrected chi connectivity index (χ3v) is 4.67. The first-order chi connectivity index (χ1) is 6.98. The second-order valence-electron chi connectivity index (χ2n) is 6.04. The Bertz CT molecular complexity index is 190. The summed E-state index contributed by atoms with van der Waals surface area (Å²) in [5.41, 5.74) is 0.489. The molecule has 1 N–H and O–H groups in total. The molecule has 0 amide bonds. The summed E-state index contributed by atoms with van der Waals surface area (Å²) in [4.78, 5) is 0. The topological polar surface area (TPSA) is 20.2 Å². The first kappa shape index (κ1) is 13.0. The maximum Gasteiger partial charge on any atom is 0.0537 e. The van der Waals surface area contributed by atoms with E-state index in [1.807, 2.05) is 0 Å². The molecule has 1 saturated carbocycles. The van der Waals surface area contributed by atoms with Crippen molar-refractivity contribution in [2.24, 2.45) is 17.3 Å². The fraction of sp³-hybridized carbons (Fsp3) is 1.00. The molecule has 0 saturated heterocycles. The highest BCUT2D eigenvalue weighted by molar-refractivity contribution is 4.86. The van der Waals surface area contributed by atoms with E-state index in [4.69, 9.17) is 0 Å². The molecule has 1 aliphatic rings. The quantitative estimate of drug-likeness (QED) is 0.747. The zero-order chi connectivity index (χ0) is 11.5. The largest absolute Gasteiger partial charge is 0.393 e. The predicted octanol–water partition coefficient (Wildman–Crippen LogP) is 4.00. The van der Waals surface area contributed by atoms with Crippen LogP contribution in [0.5, 0.6) is 0 Å². The molecule has 0 aromatic rings. The van der Waals surface area contributed by atoms with Gasteiger partial charge in [0, 0.05) is 0 Å². The molecule has 1 aliphatic carbocycles. The molecular weight excluding hydrogens is 184 g/mol. The normalized spacial score (nSPS) is 39.0. The Kier molecular flexibility index (Phi) is 4.64. The van der Waals surface area contributed by atoms with Crippen LogP contribution in [0.1, 0.15) is 66.2 Å². The molecule has 1 heteroatoms. The van der Waals surface area contributed by atoms with Crippen molar-refractivity contribution in [2.45, 2.75) is 72.3 Å². The average Bonchev–Trinajstić information content (AvgIpc) is 2.21. The molecule has 4 atom stereocenters. The van der Waals surface area contributed by atoms with Crippen LogP contribution in [-0.2, 0) is 0 Å². The van der Waals surface area contributed by atoms with E-state index in [-0.39, 0.29) is 6.10 Å². The van der Waals surface area contributed by atoms with E-state index in [9.17, 15) is 5.11 Å². The minimum atomic E-state index is -0.0756. The van der Waals surface area contributed by atoms with Crippen LogP contribution in [0.4, 0.5) is 0 Å². The van der Waals surface area contributed by atoms with Crippen molar-refractivity contribution < 1.29 is 5.11 Å². The van der Waals surface area contributed by atoms with Crippen LogP contribution in [-0.4, -0.2) is 11.2 Å². The van der Waals surface area contributed by atoms with Crippen molar-refractivity contribution in [1.29, 1.82) is 0 Å². The van der Waals surface area contributed by atoms with Gasteiger partial charge in [0.2, 0.25) is 0 Å². The molecule has 0 spiro atoms. The zero-order valence-corrected chi connectivity index (χ0v) is 10.9. The van der Waals surface area contributed by atoms with E-state index in [2.05, 4.69) is 27.7 Å². The van der Waals surface area contributed by atoms with Gasteiger partial charge in [0.25, 0.3) is 0 Å². The molecule has 0 heterocycles. The molecule has 90 valence electrons. The highest BCUT2D eigenvalue weighted by atomic mass is 16.3. The van der Waals surface area contributed by atoms with E-state index in [1.165, 1.54) is 25.7 Å². The van der Waals surface area contributed by atoms with Gasteiger partial charge in [-0.15, -0.1) is 0 Å². The van der Waals surface area contributed by atoms with Crippen molar-refractivity contribution in [1.82, 2.24) is 0 Å². The highest BCUT2D eigenvalue weighted by Crippen LogP contribution is 2.46. The van der Waals surface area contributed by atoms with Crippen molar-refractivity contribution in [3.05, 3.63) is 0 Å². The van der Waals surface area contributed by atoms with Crippen LogP contribution >= 0.6 is 0 Å². The third kappa shape index (κ3) is 3.48. The van der Waals surface area contributed by atoms with Gasteiger partial charge in [-0.25, -0.2) is 0 Å². The Morgan fingerprint density at radius 1 is 1.40 bits per heavy atom. The summed E-state index contributed by atoms with van der Waals surface area (Å²) < 4.78 is 0.